The first kappa shape index (κ1) is 13.3. The van der Waals surface area contributed by atoms with Crippen LogP contribution in [0.25, 0.3) is 0 Å². The van der Waals surface area contributed by atoms with Gasteiger partial charge in [0, 0.05) is 24.0 Å². The van der Waals surface area contributed by atoms with Gasteiger partial charge in [-0.15, -0.1) is 0 Å². The molecule has 2 aromatic rings. The molecule has 0 fully saturated rings. The fourth-order valence-electron chi connectivity index (χ4n) is 2.00. The summed E-state index contributed by atoms with van der Waals surface area (Å²) in [4.78, 5) is 8.73. The zero-order valence-electron chi connectivity index (χ0n) is 11.9. The summed E-state index contributed by atoms with van der Waals surface area (Å²) in [6.45, 7) is 9.02. The molecule has 0 aliphatic carbocycles. The Hall–Kier alpha value is -2.10. The molecule has 0 radical (unpaired) electrons. The average molecular weight is 256 g/mol. The molecular weight excluding hydrogens is 236 g/mol. The maximum Gasteiger partial charge on any atom is 0.224 e. The van der Waals surface area contributed by atoms with Crippen molar-refractivity contribution in [2.45, 2.75) is 27.7 Å². The Balaban J connectivity index is 2.28. The maximum absolute atomic E-state index is 4.48. The van der Waals surface area contributed by atoms with E-state index in [4.69, 9.17) is 0 Å². The van der Waals surface area contributed by atoms with Gasteiger partial charge in [-0.25, -0.2) is 4.98 Å². The van der Waals surface area contributed by atoms with Gasteiger partial charge in [-0.3, -0.25) is 0 Å². The molecule has 4 heteroatoms. The van der Waals surface area contributed by atoms with Gasteiger partial charge in [0.25, 0.3) is 0 Å². The van der Waals surface area contributed by atoms with Crippen molar-refractivity contribution in [1.82, 2.24) is 9.97 Å². The highest BCUT2D eigenvalue weighted by Crippen LogP contribution is 2.21. The van der Waals surface area contributed by atoms with Crippen molar-refractivity contribution in [2.75, 3.05) is 17.2 Å². The van der Waals surface area contributed by atoms with E-state index in [0.717, 1.165) is 23.6 Å². The number of aryl methyl sites for hydroxylation is 3. The van der Waals surface area contributed by atoms with Crippen LogP contribution in [0.2, 0.25) is 0 Å². The number of rotatable bonds is 4. The zero-order valence-corrected chi connectivity index (χ0v) is 11.9. The summed E-state index contributed by atoms with van der Waals surface area (Å²) in [6, 6.07) is 6.38. The van der Waals surface area contributed by atoms with Crippen LogP contribution in [0.1, 0.15) is 23.6 Å². The van der Waals surface area contributed by atoms with E-state index in [-0.39, 0.29) is 0 Å². The Morgan fingerprint density at radius 1 is 1.05 bits per heavy atom. The van der Waals surface area contributed by atoms with E-state index in [1.807, 2.05) is 20.0 Å². The summed E-state index contributed by atoms with van der Waals surface area (Å²) in [5, 5.41) is 6.48. The highest BCUT2D eigenvalue weighted by atomic mass is 15.1. The van der Waals surface area contributed by atoms with Crippen molar-refractivity contribution >= 4 is 17.5 Å². The molecule has 0 unspecified atom stereocenters. The van der Waals surface area contributed by atoms with E-state index in [9.17, 15) is 0 Å². The molecule has 0 saturated carbocycles. The molecule has 0 spiro atoms. The first-order chi connectivity index (χ1) is 9.08. The molecule has 0 atom stereocenters. The highest BCUT2D eigenvalue weighted by molar-refractivity contribution is 5.61. The van der Waals surface area contributed by atoms with Crippen LogP contribution in [0.4, 0.5) is 17.5 Å². The predicted molar refractivity (Wildman–Crippen MR) is 80.1 cm³/mol. The number of anilines is 3. The number of nitrogens with zero attached hydrogens (tertiary/aromatic N) is 2. The lowest BCUT2D eigenvalue weighted by molar-refractivity contribution is 1.07. The molecule has 0 bridgehead atoms. The van der Waals surface area contributed by atoms with Crippen LogP contribution < -0.4 is 10.6 Å². The standard InChI is InChI=1S/C15H20N4/c1-5-16-15-17-9-12(4)14(19-15)18-13-7-10(2)6-11(3)8-13/h6-9H,5H2,1-4H3,(H2,16,17,18,19). The SMILES string of the molecule is CCNc1ncc(C)c(Nc2cc(C)cc(C)c2)n1. The Labute approximate surface area is 114 Å². The van der Waals surface area contributed by atoms with Crippen LogP contribution in [0.5, 0.6) is 0 Å². The topological polar surface area (TPSA) is 49.8 Å². The lowest BCUT2D eigenvalue weighted by atomic mass is 10.1. The highest BCUT2D eigenvalue weighted by Gasteiger charge is 2.04. The van der Waals surface area contributed by atoms with Crippen LogP contribution in [-0.4, -0.2) is 16.5 Å². The molecule has 0 amide bonds. The molecule has 1 aromatic carbocycles. The van der Waals surface area contributed by atoms with Crippen LogP contribution in [0.3, 0.4) is 0 Å². The van der Waals surface area contributed by atoms with Gasteiger partial charge in [0.15, 0.2) is 0 Å². The molecule has 0 aliphatic rings. The molecule has 19 heavy (non-hydrogen) atoms. The molecule has 0 saturated heterocycles. The number of nitrogens with one attached hydrogen (secondary N) is 2. The lowest BCUT2D eigenvalue weighted by Gasteiger charge is -2.11. The summed E-state index contributed by atoms with van der Waals surface area (Å²) in [6.07, 6.45) is 1.83. The molecular formula is C15H20N4. The summed E-state index contributed by atoms with van der Waals surface area (Å²) < 4.78 is 0. The second kappa shape index (κ2) is 5.69. The first-order valence-corrected chi connectivity index (χ1v) is 6.51. The maximum atomic E-state index is 4.48. The van der Waals surface area contributed by atoms with Gasteiger partial charge >= 0.3 is 0 Å². The van der Waals surface area contributed by atoms with Gasteiger partial charge in [0.2, 0.25) is 5.95 Å². The average Bonchev–Trinajstić information content (AvgIpc) is 2.32. The van der Waals surface area contributed by atoms with E-state index in [0.29, 0.717) is 5.95 Å². The molecule has 2 N–H and O–H groups in total. The second-order valence-electron chi connectivity index (χ2n) is 4.76. The molecule has 2 rings (SSSR count). The van der Waals surface area contributed by atoms with Crippen molar-refractivity contribution in [3.8, 4) is 0 Å². The van der Waals surface area contributed by atoms with E-state index < -0.39 is 0 Å². The molecule has 4 nitrogen and oxygen atoms in total. The summed E-state index contributed by atoms with van der Waals surface area (Å²) in [5.41, 5.74) is 4.56. The first-order valence-electron chi connectivity index (χ1n) is 6.51. The number of hydrogen-bond acceptors (Lipinski definition) is 4. The number of hydrogen-bond donors (Lipinski definition) is 2. The van der Waals surface area contributed by atoms with Gasteiger partial charge in [-0.2, -0.15) is 4.98 Å². The summed E-state index contributed by atoms with van der Waals surface area (Å²) >= 11 is 0. The Morgan fingerprint density at radius 3 is 2.37 bits per heavy atom. The predicted octanol–water partition coefficient (Wildman–Crippen LogP) is 3.58. The van der Waals surface area contributed by atoms with Crippen LogP contribution in [-0.2, 0) is 0 Å². The van der Waals surface area contributed by atoms with Crippen molar-refractivity contribution < 1.29 is 0 Å². The fourth-order valence-corrected chi connectivity index (χ4v) is 2.00. The molecule has 100 valence electrons. The van der Waals surface area contributed by atoms with Gasteiger partial charge < -0.3 is 10.6 Å². The Bertz CT molecular complexity index is 558. The quantitative estimate of drug-likeness (QED) is 0.878. The fraction of sp³-hybridized carbons (Fsp3) is 0.333. The van der Waals surface area contributed by atoms with Crippen molar-refractivity contribution in [3.63, 3.8) is 0 Å². The number of benzene rings is 1. The van der Waals surface area contributed by atoms with E-state index in [1.165, 1.54) is 11.1 Å². The second-order valence-corrected chi connectivity index (χ2v) is 4.76. The monoisotopic (exact) mass is 256 g/mol. The molecule has 1 heterocycles. The minimum absolute atomic E-state index is 0.653. The lowest BCUT2D eigenvalue weighted by Crippen LogP contribution is -2.05. The number of aromatic nitrogens is 2. The van der Waals surface area contributed by atoms with Gasteiger partial charge in [-0.1, -0.05) is 6.07 Å². The smallest absolute Gasteiger partial charge is 0.224 e. The van der Waals surface area contributed by atoms with Crippen molar-refractivity contribution in [2.24, 2.45) is 0 Å². The minimum atomic E-state index is 0.653. The summed E-state index contributed by atoms with van der Waals surface area (Å²) in [7, 11) is 0. The largest absolute Gasteiger partial charge is 0.354 e. The van der Waals surface area contributed by atoms with Gasteiger partial charge in [0.1, 0.15) is 5.82 Å². The summed E-state index contributed by atoms with van der Waals surface area (Å²) in [5.74, 6) is 1.50. The van der Waals surface area contributed by atoms with Gasteiger partial charge in [0.05, 0.1) is 0 Å². The minimum Gasteiger partial charge on any atom is -0.354 e. The third-order valence-corrected chi connectivity index (χ3v) is 2.79. The Morgan fingerprint density at radius 2 is 1.74 bits per heavy atom. The van der Waals surface area contributed by atoms with Crippen molar-refractivity contribution in [1.29, 1.82) is 0 Å². The molecule has 1 aromatic heterocycles. The third-order valence-electron chi connectivity index (χ3n) is 2.79. The third kappa shape index (κ3) is 3.44. The van der Waals surface area contributed by atoms with Crippen LogP contribution >= 0.6 is 0 Å². The van der Waals surface area contributed by atoms with E-state index in [1.54, 1.807) is 0 Å². The van der Waals surface area contributed by atoms with E-state index in [2.05, 4.69) is 52.6 Å². The van der Waals surface area contributed by atoms with Crippen molar-refractivity contribution in [3.05, 3.63) is 41.1 Å². The van der Waals surface area contributed by atoms with Crippen LogP contribution in [0.15, 0.2) is 24.4 Å². The van der Waals surface area contributed by atoms with Gasteiger partial charge in [-0.05, 0) is 51.0 Å². The zero-order chi connectivity index (χ0) is 13.8. The molecule has 0 aliphatic heterocycles. The van der Waals surface area contributed by atoms with E-state index >= 15 is 0 Å². The Kier molecular flexibility index (Phi) is 4.00. The normalized spacial score (nSPS) is 10.3. The van der Waals surface area contributed by atoms with Crippen LogP contribution in [0, 0.1) is 20.8 Å².